The van der Waals surface area contributed by atoms with Crippen molar-refractivity contribution in [2.75, 3.05) is 19.9 Å². The average Bonchev–Trinajstić information content (AvgIpc) is 2.70. The van der Waals surface area contributed by atoms with E-state index in [1.807, 2.05) is 24.3 Å². The van der Waals surface area contributed by atoms with E-state index in [-0.39, 0.29) is 77.2 Å². The van der Waals surface area contributed by atoms with Crippen LogP contribution in [0.15, 0.2) is 39.7 Å². The first-order valence-electron chi connectivity index (χ1n) is 11.4. The zero-order valence-electron chi connectivity index (χ0n) is 21.6. The Balaban J connectivity index is 0.00000408. The Morgan fingerprint density at radius 2 is 1.62 bits per heavy atom. The number of aromatic nitrogens is 2. The van der Waals surface area contributed by atoms with Crippen LogP contribution in [-0.2, 0) is 16.2 Å². The van der Waals surface area contributed by atoms with E-state index in [1.165, 1.54) is 0 Å². The molecule has 0 N–H and O–H groups in total. The molecule has 0 aliphatic heterocycles. The van der Waals surface area contributed by atoms with Crippen molar-refractivity contribution in [3.05, 3.63) is 50.6 Å². The summed E-state index contributed by atoms with van der Waals surface area (Å²) in [5.41, 5.74) is 0.642. The number of nitrogens with zero attached hydrogens (tertiary/aromatic N) is 3. The molecule has 0 bridgehead atoms. The van der Waals surface area contributed by atoms with Crippen molar-refractivity contribution >= 4 is 59.6 Å². The Morgan fingerprint density at radius 1 is 0.971 bits per heavy atom. The second-order valence-corrected chi connectivity index (χ2v) is 23.0. The third kappa shape index (κ3) is 8.99. The summed E-state index contributed by atoms with van der Waals surface area (Å²) in [6, 6.07) is 9.84. The summed E-state index contributed by atoms with van der Waals surface area (Å²) in [5, 5.41) is 6.74. The molecule has 2 heterocycles. The number of pyridine rings is 2. The molecule has 1 aromatic carbocycles. The molecule has 3 aromatic rings. The second kappa shape index (κ2) is 13.2. The normalized spacial score (nSPS) is 12.2. The Hall–Kier alpha value is 0.279. The van der Waals surface area contributed by atoms with Gasteiger partial charge in [-0.2, -0.15) is 0 Å². The van der Waals surface area contributed by atoms with Gasteiger partial charge in [-0.05, 0) is 46.6 Å². The van der Waals surface area contributed by atoms with E-state index in [0.717, 1.165) is 32.9 Å². The van der Waals surface area contributed by atoms with Gasteiger partial charge >= 0.3 is 58.2 Å². The van der Waals surface area contributed by atoms with Gasteiger partial charge in [-0.15, -0.1) is 0 Å². The smallest absolute Gasteiger partial charge is 0.441 e. The molecule has 0 saturated heterocycles. The zero-order valence-corrected chi connectivity index (χ0v) is 30.1. The maximum absolute atomic E-state index is 13.5. The fraction of sp³-hybridized carbons (Fsp3) is 0.500. The van der Waals surface area contributed by atoms with Gasteiger partial charge in [0, 0.05) is 40.0 Å². The van der Waals surface area contributed by atoms with E-state index in [0.29, 0.717) is 24.4 Å². The summed E-state index contributed by atoms with van der Waals surface area (Å²) >= 11 is 3.53. The van der Waals surface area contributed by atoms with Crippen molar-refractivity contribution < 1.29 is 67.7 Å². The van der Waals surface area contributed by atoms with Gasteiger partial charge in [0.05, 0.1) is 12.1 Å². The molecule has 0 aliphatic rings. The molecule has 0 radical (unpaired) electrons. The number of fused-ring (bicyclic) bond motifs is 3. The molecule has 6 nitrogen and oxygen atoms in total. The van der Waals surface area contributed by atoms with Gasteiger partial charge in [-0.3, -0.25) is 9.36 Å². The summed E-state index contributed by atoms with van der Waals surface area (Å²) in [5.74, 6) is 0.539. The van der Waals surface area contributed by atoms with E-state index >= 15 is 0 Å². The number of hydrogen-bond donors (Lipinski definition) is 0. The van der Waals surface area contributed by atoms with Crippen LogP contribution in [-0.4, -0.2) is 45.6 Å². The third-order valence-corrected chi connectivity index (χ3v) is 9.29. The predicted octanol–water partition coefficient (Wildman–Crippen LogP) is 3.95. The molecule has 2 aromatic heterocycles. The largest absolute Gasteiger partial charge is 1.00 e. The van der Waals surface area contributed by atoms with Gasteiger partial charge in [-0.1, -0.05) is 67.1 Å². The average molecular weight is 635 g/mol. The van der Waals surface area contributed by atoms with E-state index in [9.17, 15) is 4.79 Å². The number of ether oxygens (including phenoxy) is 2. The van der Waals surface area contributed by atoms with E-state index in [4.69, 9.17) is 14.5 Å². The van der Waals surface area contributed by atoms with Crippen LogP contribution >= 0.6 is 15.9 Å². The Labute approximate surface area is 262 Å². The summed E-state index contributed by atoms with van der Waals surface area (Å²) in [7, 11) is -2.33. The van der Waals surface area contributed by atoms with Crippen LogP contribution in [0.1, 0.15) is 0 Å². The van der Waals surface area contributed by atoms with Gasteiger partial charge in [0.25, 0.3) is 5.56 Å². The number of halogens is 1. The van der Waals surface area contributed by atoms with Crippen molar-refractivity contribution in [1.29, 1.82) is 0 Å². The van der Waals surface area contributed by atoms with Crippen molar-refractivity contribution in [1.82, 2.24) is 9.55 Å². The fourth-order valence-electron chi connectivity index (χ4n) is 3.31. The van der Waals surface area contributed by atoms with Gasteiger partial charge in [0.2, 0.25) is 0 Å². The van der Waals surface area contributed by atoms with Crippen LogP contribution in [0.4, 0.5) is 5.82 Å². The van der Waals surface area contributed by atoms with Crippen LogP contribution in [0.25, 0.3) is 27.0 Å². The van der Waals surface area contributed by atoms with Crippen LogP contribution < -0.4 is 63.7 Å². The van der Waals surface area contributed by atoms with Crippen molar-refractivity contribution in [3.8, 4) is 0 Å². The second-order valence-electron chi connectivity index (χ2n) is 10.8. The van der Waals surface area contributed by atoms with E-state index < -0.39 is 16.1 Å². The maximum Gasteiger partial charge on any atom is 1.00 e. The molecule has 0 amide bonds. The van der Waals surface area contributed by atoms with Gasteiger partial charge in [0.15, 0.2) is 0 Å². The van der Waals surface area contributed by atoms with E-state index in [2.05, 4.69) is 60.5 Å². The third-order valence-electron chi connectivity index (χ3n) is 5.39. The predicted molar refractivity (Wildman–Crippen MR) is 147 cm³/mol. The molecule has 0 spiro atoms. The van der Waals surface area contributed by atoms with Crippen molar-refractivity contribution in [3.63, 3.8) is 0 Å². The molecular formula is C24H35BrN3O3RbSi2. The zero-order chi connectivity index (χ0) is 24.2. The van der Waals surface area contributed by atoms with Crippen molar-refractivity contribution in [2.24, 2.45) is 0 Å². The first-order valence-corrected chi connectivity index (χ1v) is 19.6. The monoisotopic (exact) mass is 633 g/mol. The Bertz CT molecular complexity index is 1180. The molecule has 0 aliphatic carbocycles. The minimum atomic E-state index is -1.18. The molecule has 0 unspecified atom stereocenters. The SMILES string of the molecule is C[Si](C)(C)CCOC[N-]c1nc2ccc(Br)cc2c2c(=O)n(COCC[Si](C)(C)C)ccc12.[Rb+]. The van der Waals surface area contributed by atoms with Crippen LogP contribution in [0.2, 0.25) is 51.4 Å². The maximum atomic E-state index is 13.5. The summed E-state index contributed by atoms with van der Waals surface area (Å²) < 4.78 is 14.1. The molecule has 3 rings (SSSR count). The summed E-state index contributed by atoms with van der Waals surface area (Å²) in [6.45, 7) is 15.7. The van der Waals surface area contributed by atoms with Crippen LogP contribution in [0.3, 0.4) is 0 Å². The molecule has 0 fully saturated rings. The molecule has 0 atom stereocenters. The quantitative estimate of drug-likeness (QED) is 0.182. The molecule has 180 valence electrons. The fourth-order valence-corrected chi connectivity index (χ4v) is 5.19. The number of benzene rings is 1. The summed E-state index contributed by atoms with van der Waals surface area (Å²) in [6.07, 6.45) is 1.77. The molecule has 0 saturated carbocycles. The standard InChI is InChI=1S/C24H35BrN3O3Si2.Rb/c1-32(2,3)13-11-30-16-26-23-19-9-10-28(17-31-12-14-33(4,5)6)24(29)22(19)20-15-18(25)7-8-21(20)27-23;/h7-10,15H,11-14,16-17H2,1-6H3;/q-1;+1. The molecular weight excluding hydrogens is 600 g/mol. The first-order chi connectivity index (χ1) is 15.4. The first kappa shape index (κ1) is 30.5. The van der Waals surface area contributed by atoms with Gasteiger partial charge in [-0.25, -0.2) is 0 Å². The molecule has 34 heavy (non-hydrogen) atoms. The Morgan fingerprint density at radius 3 is 2.26 bits per heavy atom. The minimum absolute atomic E-state index is 0. The minimum Gasteiger partial charge on any atom is -0.441 e. The Kier molecular flexibility index (Phi) is 11.8. The van der Waals surface area contributed by atoms with Gasteiger partial charge < -0.3 is 19.8 Å². The number of rotatable bonds is 11. The van der Waals surface area contributed by atoms with E-state index in [1.54, 1.807) is 10.8 Å². The molecule has 10 heteroatoms. The topological polar surface area (TPSA) is 67.5 Å². The van der Waals surface area contributed by atoms with Crippen LogP contribution in [0, 0.1) is 0 Å². The van der Waals surface area contributed by atoms with Crippen LogP contribution in [0.5, 0.6) is 0 Å². The van der Waals surface area contributed by atoms with Gasteiger partial charge in [0.1, 0.15) is 6.73 Å². The van der Waals surface area contributed by atoms with Crippen molar-refractivity contribution in [2.45, 2.75) is 58.1 Å². The number of hydrogen-bond acceptors (Lipinski definition) is 4. The summed E-state index contributed by atoms with van der Waals surface area (Å²) in [4.78, 5) is 18.2.